The number of rotatable bonds is 7. The lowest BCUT2D eigenvalue weighted by atomic mass is 9.87. The van der Waals surface area contributed by atoms with Gasteiger partial charge in [-0.2, -0.15) is 5.26 Å². The number of nitrogens with zero attached hydrogens (tertiary/aromatic N) is 1. The summed E-state index contributed by atoms with van der Waals surface area (Å²) in [5.74, 6) is -1.02. The maximum absolute atomic E-state index is 12.2. The number of aromatic hydroxyl groups is 1. The van der Waals surface area contributed by atoms with E-state index in [4.69, 9.17) is 9.47 Å². The van der Waals surface area contributed by atoms with Gasteiger partial charge >= 0.3 is 5.97 Å². The molecule has 0 aromatic heterocycles. The summed E-state index contributed by atoms with van der Waals surface area (Å²) in [6.45, 7) is 0.159. The van der Waals surface area contributed by atoms with Crippen molar-refractivity contribution >= 4 is 23.6 Å². The summed E-state index contributed by atoms with van der Waals surface area (Å²) in [6, 6.07) is 16.2. The molecule has 2 aromatic rings. The molecule has 0 radical (unpaired) electrons. The van der Waals surface area contributed by atoms with Crippen molar-refractivity contribution in [3.05, 3.63) is 70.3 Å². The van der Waals surface area contributed by atoms with Crippen LogP contribution in [0.1, 0.15) is 23.5 Å². The molecule has 1 aliphatic rings. The number of allylic oxidation sites excluding steroid dienone is 1. The highest BCUT2D eigenvalue weighted by Crippen LogP contribution is 2.38. The number of carbonyl (C=O) groups excluding carboxylic acids is 2. The van der Waals surface area contributed by atoms with E-state index < -0.39 is 11.9 Å². The van der Waals surface area contributed by atoms with E-state index >= 15 is 0 Å². The third-order valence-corrected chi connectivity index (χ3v) is 5.53. The van der Waals surface area contributed by atoms with Crippen molar-refractivity contribution < 1.29 is 24.2 Å². The Morgan fingerprint density at radius 3 is 2.77 bits per heavy atom. The number of nitrogens with one attached hydrogen (secondary N) is 1. The number of nitriles is 1. The van der Waals surface area contributed by atoms with Gasteiger partial charge in [0, 0.05) is 12.3 Å². The van der Waals surface area contributed by atoms with E-state index in [1.54, 1.807) is 12.1 Å². The van der Waals surface area contributed by atoms with Gasteiger partial charge in [-0.1, -0.05) is 48.2 Å². The van der Waals surface area contributed by atoms with Crippen LogP contribution in [0.15, 0.2) is 59.1 Å². The van der Waals surface area contributed by atoms with Crippen LogP contribution in [0.5, 0.6) is 11.5 Å². The van der Waals surface area contributed by atoms with E-state index in [-0.39, 0.29) is 36.2 Å². The molecule has 1 heterocycles. The number of esters is 1. The summed E-state index contributed by atoms with van der Waals surface area (Å²) >= 11 is 1.06. The average Bonchev–Trinajstić information content (AvgIpc) is 2.77. The second kappa shape index (κ2) is 9.85. The van der Waals surface area contributed by atoms with Crippen LogP contribution in [-0.2, 0) is 20.9 Å². The molecule has 0 unspecified atom stereocenters. The first-order valence-corrected chi connectivity index (χ1v) is 10.1. The Balaban J connectivity index is 1.72. The Morgan fingerprint density at radius 1 is 1.30 bits per heavy atom. The molecule has 0 saturated heterocycles. The van der Waals surface area contributed by atoms with E-state index in [1.165, 1.54) is 13.2 Å². The molecule has 8 heteroatoms. The highest BCUT2D eigenvalue weighted by atomic mass is 32.2. The van der Waals surface area contributed by atoms with Gasteiger partial charge in [-0.05, 0) is 23.3 Å². The number of methoxy groups -OCH3 is 1. The lowest BCUT2D eigenvalue weighted by Gasteiger charge is -2.25. The first-order valence-electron chi connectivity index (χ1n) is 9.15. The number of thioether (sulfide) groups is 1. The van der Waals surface area contributed by atoms with Gasteiger partial charge in [0.15, 0.2) is 11.5 Å². The number of benzene rings is 2. The van der Waals surface area contributed by atoms with E-state index in [9.17, 15) is 20.0 Å². The van der Waals surface area contributed by atoms with Crippen molar-refractivity contribution in [3.63, 3.8) is 0 Å². The molecule has 0 spiro atoms. The normalized spacial score (nSPS) is 15.9. The van der Waals surface area contributed by atoms with Gasteiger partial charge in [-0.3, -0.25) is 9.59 Å². The maximum Gasteiger partial charge on any atom is 0.316 e. The summed E-state index contributed by atoms with van der Waals surface area (Å²) in [5, 5.41) is 22.5. The van der Waals surface area contributed by atoms with Gasteiger partial charge in [0.2, 0.25) is 5.91 Å². The number of hydrogen-bond acceptors (Lipinski definition) is 7. The minimum Gasteiger partial charge on any atom is -0.504 e. The van der Waals surface area contributed by atoms with Crippen LogP contribution in [0, 0.1) is 11.3 Å². The van der Waals surface area contributed by atoms with Crippen LogP contribution in [0.4, 0.5) is 0 Å². The minimum absolute atomic E-state index is 0.0280. The number of amides is 1. The molecule has 0 aliphatic carbocycles. The Kier molecular flexibility index (Phi) is 6.99. The first-order chi connectivity index (χ1) is 14.5. The summed E-state index contributed by atoms with van der Waals surface area (Å²) in [6.07, 6.45) is 0.0827. The fraction of sp³-hybridized carbons (Fsp3) is 0.227. The van der Waals surface area contributed by atoms with E-state index in [0.717, 1.165) is 17.3 Å². The second-order valence-corrected chi connectivity index (χ2v) is 7.51. The zero-order chi connectivity index (χ0) is 21.5. The predicted octanol–water partition coefficient (Wildman–Crippen LogP) is 3.22. The van der Waals surface area contributed by atoms with Crippen molar-refractivity contribution in [1.82, 2.24) is 5.32 Å². The van der Waals surface area contributed by atoms with Crippen molar-refractivity contribution in [1.29, 1.82) is 5.26 Å². The molecule has 0 saturated carbocycles. The molecule has 154 valence electrons. The molecule has 1 amide bonds. The Morgan fingerprint density at radius 2 is 2.07 bits per heavy atom. The topological polar surface area (TPSA) is 109 Å². The number of hydrogen-bond donors (Lipinski definition) is 2. The monoisotopic (exact) mass is 424 g/mol. The third kappa shape index (κ3) is 5.13. The molecule has 1 aliphatic heterocycles. The Labute approximate surface area is 178 Å². The molecule has 0 fully saturated rings. The largest absolute Gasteiger partial charge is 0.504 e. The number of phenols is 1. The minimum atomic E-state index is -0.499. The quantitative estimate of drug-likeness (QED) is 0.657. The molecule has 2 N–H and O–H groups in total. The fourth-order valence-corrected chi connectivity index (χ4v) is 3.91. The van der Waals surface area contributed by atoms with Gasteiger partial charge in [-0.15, -0.1) is 0 Å². The van der Waals surface area contributed by atoms with E-state index in [2.05, 4.69) is 11.4 Å². The third-order valence-electron chi connectivity index (χ3n) is 4.54. The molecule has 0 bridgehead atoms. The van der Waals surface area contributed by atoms with Crippen molar-refractivity contribution in [2.24, 2.45) is 0 Å². The van der Waals surface area contributed by atoms with Gasteiger partial charge < -0.3 is 19.9 Å². The predicted molar refractivity (Wildman–Crippen MR) is 111 cm³/mol. The standard InChI is InChI=1S/C22H20N2O5S/c1-28-19-9-15(7-8-18(19)25)16-10-20(26)24-22(17(16)11-23)30-13-21(27)29-12-14-5-3-2-4-6-14/h2-9,16,25H,10,12-13H2,1H3,(H,24,26)/t16-/m0/s1. The van der Waals surface area contributed by atoms with Crippen LogP contribution < -0.4 is 10.1 Å². The highest BCUT2D eigenvalue weighted by molar-refractivity contribution is 8.03. The summed E-state index contributed by atoms with van der Waals surface area (Å²) in [5.41, 5.74) is 1.89. The number of phenolic OH excluding ortho intramolecular Hbond substituents is 1. The molecule has 2 aromatic carbocycles. The van der Waals surface area contributed by atoms with Crippen LogP contribution in [-0.4, -0.2) is 29.8 Å². The number of ether oxygens (including phenoxy) is 2. The Bertz CT molecular complexity index is 1010. The van der Waals surface area contributed by atoms with Crippen LogP contribution in [0.3, 0.4) is 0 Å². The first kappa shape index (κ1) is 21.3. The van der Waals surface area contributed by atoms with E-state index in [1.807, 2.05) is 30.3 Å². The SMILES string of the molecule is COc1cc([C@@H]2CC(=O)NC(SCC(=O)OCc3ccccc3)=C2C#N)ccc1O. The summed E-state index contributed by atoms with van der Waals surface area (Å²) in [7, 11) is 1.43. The van der Waals surface area contributed by atoms with Crippen LogP contribution in [0.2, 0.25) is 0 Å². The van der Waals surface area contributed by atoms with Gasteiger partial charge in [0.25, 0.3) is 0 Å². The zero-order valence-electron chi connectivity index (χ0n) is 16.3. The highest BCUT2D eigenvalue weighted by Gasteiger charge is 2.30. The lowest BCUT2D eigenvalue weighted by molar-refractivity contribution is -0.141. The zero-order valence-corrected chi connectivity index (χ0v) is 17.1. The van der Waals surface area contributed by atoms with E-state index in [0.29, 0.717) is 16.2 Å². The summed E-state index contributed by atoms with van der Waals surface area (Å²) < 4.78 is 10.4. The molecular weight excluding hydrogens is 404 g/mol. The van der Waals surface area contributed by atoms with Crippen LogP contribution >= 0.6 is 11.8 Å². The van der Waals surface area contributed by atoms with Gasteiger partial charge in [0.05, 0.1) is 29.5 Å². The second-order valence-electron chi connectivity index (χ2n) is 6.53. The number of carbonyl (C=O) groups is 2. The maximum atomic E-state index is 12.2. The smallest absolute Gasteiger partial charge is 0.316 e. The lowest BCUT2D eigenvalue weighted by Crippen LogP contribution is -2.31. The average molecular weight is 424 g/mol. The van der Waals surface area contributed by atoms with Crippen LogP contribution in [0.25, 0.3) is 0 Å². The molecule has 1 atom stereocenters. The van der Waals surface area contributed by atoms with Crippen molar-refractivity contribution in [3.8, 4) is 17.6 Å². The molecule has 3 rings (SSSR count). The van der Waals surface area contributed by atoms with Crippen molar-refractivity contribution in [2.45, 2.75) is 18.9 Å². The molecule has 7 nitrogen and oxygen atoms in total. The molecule has 30 heavy (non-hydrogen) atoms. The Hall–Kier alpha value is -3.44. The van der Waals surface area contributed by atoms with Gasteiger partial charge in [0.1, 0.15) is 6.61 Å². The van der Waals surface area contributed by atoms with Gasteiger partial charge in [-0.25, -0.2) is 0 Å². The van der Waals surface area contributed by atoms with Crippen molar-refractivity contribution in [2.75, 3.05) is 12.9 Å². The summed E-state index contributed by atoms with van der Waals surface area (Å²) in [4.78, 5) is 24.3. The fourth-order valence-electron chi connectivity index (χ4n) is 3.04. The molecular formula is C22H20N2O5S.